The predicted molar refractivity (Wildman–Crippen MR) is 104 cm³/mol. The third kappa shape index (κ3) is 5.20. The third-order valence-electron chi connectivity index (χ3n) is 3.90. The molecule has 1 amide bonds. The second kappa shape index (κ2) is 9.36. The van der Waals surface area contributed by atoms with Gasteiger partial charge in [0.05, 0.1) is 12.3 Å². The molecule has 144 valence electrons. The summed E-state index contributed by atoms with van der Waals surface area (Å²) in [4.78, 5) is 23.4. The van der Waals surface area contributed by atoms with Crippen molar-refractivity contribution in [2.75, 3.05) is 13.2 Å². The smallest absolute Gasteiger partial charge is 0.325 e. The second-order valence-electron chi connectivity index (χ2n) is 5.96. The maximum atomic E-state index is 12.1. The van der Waals surface area contributed by atoms with Crippen LogP contribution in [0.25, 0.3) is 11.3 Å². The maximum absolute atomic E-state index is 12.1. The Bertz CT molecular complexity index is 938. The van der Waals surface area contributed by atoms with Crippen molar-refractivity contribution < 1.29 is 19.1 Å². The molecule has 0 unspecified atom stereocenters. The molecule has 0 aliphatic rings. The number of benzene rings is 2. The van der Waals surface area contributed by atoms with Crippen molar-refractivity contribution >= 4 is 11.9 Å². The first-order chi connectivity index (χ1) is 13.7. The van der Waals surface area contributed by atoms with Crippen molar-refractivity contribution in [3.8, 4) is 17.0 Å². The van der Waals surface area contributed by atoms with Gasteiger partial charge in [-0.05, 0) is 30.7 Å². The number of ether oxygens (including phenoxy) is 2. The van der Waals surface area contributed by atoms with E-state index in [0.717, 1.165) is 11.1 Å². The molecule has 2 aromatic carbocycles. The third-order valence-corrected chi connectivity index (χ3v) is 3.90. The summed E-state index contributed by atoms with van der Waals surface area (Å²) in [6.45, 7) is 2.25. The second-order valence-corrected chi connectivity index (χ2v) is 5.96. The zero-order valence-corrected chi connectivity index (χ0v) is 15.5. The van der Waals surface area contributed by atoms with Gasteiger partial charge in [0.25, 0.3) is 5.91 Å². The van der Waals surface area contributed by atoms with Gasteiger partial charge in [-0.3, -0.25) is 14.7 Å². The number of carbonyl (C=O) groups excluding carboxylic acids is 2. The number of H-pyrrole nitrogens is 1. The molecule has 28 heavy (non-hydrogen) atoms. The summed E-state index contributed by atoms with van der Waals surface area (Å²) in [5, 5.41) is 9.34. The predicted octanol–water partition coefficient (Wildman–Crippen LogP) is 2.95. The van der Waals surface area contributed by atoms with Crippen molar-refractivity contribution in [1.82, 2.24) is 15.5 Å². The van der Waals surface area contributed by atoms with Gasteiger partial charge in [-0.25, -0.2) is 0 Å². The highest BCUT2D eigenvalue weighted by molar-refractivity contribution is 5.95. The summed E-state index contributed by atoms with van der Waals surface area (Å²) in [6, 6.07) is 19.0. The Morgan fingerprint density at radius 2 is 1.89 bits per heavy atom. The van der Waals surface area contributed by atoms with Crippen LogP contribution in [0.5, 0.6) is 5.75 Å². The minimum absolute atomic E-state index is 0.191. The molecule has 1 aromatic heterocycles. The molecule has 2 N–H and O–H groups in total. The average Bonchev–Trinajstić information content (AvgIpc) is 3.22. The maximum Gasteiger partial charge on any atom is 0.325 e. The zero-order valence-electron chi connectivity index (χ0n) is 15.5. The Morgan fingerprint density at radius 1 is 1.07 bits per heavy atom. The summed E-state index contributed by atoms with van der Waals surface area (Å²) in [6.07, 6.45) is 0. The summed E-state index contributed by atoms with van der Waals surface area (Å²) < 4.78 is 10.6. The fraction of sp³-hybridized carbons (Fsp3) is 0.190. The molecule has 3 aromatic rings. The molecular formula is C21H21N3O4. The largest absolute Gasteiger partial charge is 0.489 e. The minimum Gasteiger partial charge on any atom is -0.489 e. The number of aromatic nitrogens is 2. The van der Waals surface area contributed by atoms with E-state index in [1.165, 1.54) is 0 Å². The number of esters is 1. The molecule has 0 saturated carbocycles. The Labute approximate surface area is 162 Å². The molecule has 3 rings (SSSR count). The minimum atomic E-state index is -0.487. The molecule has 0 radical (unpaired) electrons. The Balaban J connectivity index is 1.62. The first kappa shape index (κ1) is 19.2. The first-order valence-corrected chi connectivity index (χ1v) is 8.92. The number of carbonyl (C=O) groups is 2. The molecule has 0 fully saturated rings. The standard InChI is InChI=1S/C21H21N3O4/c1-2-27-20(25)13-22-21(26)19-12-18(23-24-19)16-9-6-10-17(11-16)28-14-15-7-4-3-5-8-15/h3-12H,2,13-14H2,1H3,(H,22,26)(H,23,24). The topological polar surface area (TPSA) is 93.3 Å². The Hall–Kier alpha value is -3.61. The van der Waals surface area contributed by atoms with E-state index in [-0.39, 0.29) is 18.8 Å². The Kier molecular flexibility index (Phi) is 6.41. The number of amides is 1. The van der Waals surface area contributed by atoms with Crippen LogP contribution in [0.3, 0.4) is 0 Å². The number of rotatable bonds is 8. The van der Waals surface area contributed by atoms with Crippen LogP contribution in [0.1, 0.15) is 23.0 Å². The van der Waals surface area contributed by atoms with E-state index in [1.54, 1.807) is 13.0 Å². The molecule has 0 atom stereocenters. The van der Waals surface area contributed by atoms with E-state index in [2.05, 4.69) is 15.5 Å². The lowest BCUT2D eigenvalue weighted by molar-refractivity contribution is -0.141. The lowest BCUT2D eigenvalue weighted by atomic mass is 10.1. The highest BCUT2D eigenvalue weighted by atomic mass is 16.5. The van der Waals surface area contributed by atoms with Crippen molar-refractivity contribution in [3.63, 3.8) is 0 Å². The molecule has 0 aliphatic heterocycles. The lowest BCUT2D eigenvalue weighted by Crippen LogP contribution is -2.30. The van der Waals surface area contributed by atoms with Gasteiger partial charge in [0.15, 0.2) is 0 Å². The van der Waals surface area contributed by atoms with Gasteiger partial charge in [0, 0.05) is 5.56 Å². The van der Waals surface area contributed by atoms with Gasteiger partial charge in [-0.1, -0.05) is 42.5 Å². The van der Waals surface area contributed by atoms with Crippen LogP contribution in [0.4, 0.5) is 0 Å². The van der Waals surface area contributed by atoms with Crippen LogP contribution in [-0.4, -0.2) is 35.2 Å². The first-order valence-electron chi connectivity index (χ1n) is 8.92. The monoisotopic (exact) mass is 379 g/mol. The van der Waals surface area contributed by atoms with E-state index in [4.69, 9.17) is 9.47 Å². The fourth-order valence-electron chi connectivity index (χ4n) is 2.53. The molecule has 1 heterocycles. The van der Waals surface area contributed by atoms with E-state index in [1.807, 2.05) is 54.6 Å². The van der Waals surface area contributed by atoms with Crippen LogP contribution in [0, 0.1) is 0 Å². The molecule has 0 bridgehead atoms. The fourth-order valence-corrected chi connectivity index (χ4v) is 2.53. The van der Waals surface area contributed by atoms with Crippen LogP contribution in [0.15, 0.2) is 60.7 Å². The van der Waals surface area contributed by atoms with E-state index < -0.39 is 11.9 Å². The normalized spacial score (nSPS) is 10.3. The van der Waals surface area contributed by atoms with Gasteiger partial charge >= 0.3 is 5.97 Å². The highest BCUT2D eigenvalue weighted by Crippen LogP contribution is 2.23. The lowest BCUT2D eigenvalue weighted by Gasteiger charge is -2.07. The summed E-state index contributed by atoms with van der Waals surface area (Å²) in [5.41, 5.74) is 2.75. The number of hydrogen-bond donors (Lipinski definition) is 2. The summed E-state index contributed by atoms with van der Waals surface area (Å²) in [5.74, 6) is -0.209. The van der Waals surface area contributed by atoms with Crippen LogP contribution in [0.2, 0.25) is 0 Å². The SMILES string of the molecule is CCOC(=O)CNC(=O)c1cc(-c2cccc(OCc3ccccc3)c2)n[nH]1. The number of nitrogens with one attached hydrogen (secondary N) is 2. The van der Waals surface area contributed by atoms with Crippen LogP contribution in [-0.2, 0) is 16.1 Å². The van der Waals surface area contributed by atoms with E-state index >= 15 is 0 Å². The van der Waals surface area contributed by atoms with Crippen molar-refractivity contribution in [2.24, 2.45) is 0 Å². The van der Waals surface area contributed by atoms with E-state index in [9.17, 15) is 9.59 Å². The molecule has 0 aliphatic carbocycles. The van der Waals surface area contributed by atoms with Gasteiger partial charge in [-0.2, -0.15) is 5.10 Å². The quantitative estimate of drug-likeness (QED) is 0.587. The summed E-state index contributed by atoms with van der Waals surface area (Å²) >= 11 is 0. The van der Waals surface area contributed by atoms with Gasteiger partial charge in [0.1, 0.15) is 24.6 Å². The number of aromatic amines is 1. The highest BCUT2D eigenvalue weighted by Gasteiger charge is 2.13. The summed E-state index contributed by atoms with van der Waals surface area (Å²) in [7, 11) is 0. The Morgan fingerprint density at radius 3 is 2.68 bits per heavy atom. The van der Waals surface area contributed by atoms with Gasteiger partial charge < -0.3 is 14.8 Å². The molecular weight excluding hydrogens is 358 g/mol. The van der Waals surface area contributed by atoms with Crippen molar-refractivity contribution in [1.29, 1.82) is 0 Å². The van der Waals surface area contributed by atoms with Crippen molar-refractivity contribution in [3.05, 3.63) is 71.9 Å². The molecule has 0 saturated heterocycles. The van der Waals surface area contributed by atoms with E-state index in [0.29, 0.717) is 18.1 Å². The zero-order chi connectivity index (χ0) is 19.8. The van der Waals surface area contributed by atoms with Gasteiger partial charge in [0.2, 0.25) is 0 Å². The molecule has 7 nitrogen and oxygen atoms in total. The number of hydrogen-bond acceptors (Lipinski definition) is 5. The molecule has 0 spiro atoms. The average molecular weight is 379 g/mol. The van der Waals surface area contributed by atoms with Crippen molar-refractivity contribution in [2.45, 2.75) is 13.5 Å². The molecule has 7 heteroatoms. The number of nitrogens with zero attached hydrogens (tertiary/aromatic N) is 1. The van der Waals surface area contributed by atoms with Crippen LogP contribution >= 0.6 is 0 Å². The van der Waals surface area contributed by atoms with Gasteiger partial charge in [-0.15, -0.1) is 0 Å². The van der Waals surface area contributed by atoms with Crippen LogP contribution < -0.4 is 10.1 Å².